The number of alkyl carbamates (subject to hydrolysis) is 1. The number of carbonyl (C=O) groups is 2. The first-order chi connectivity index (χ1) is 24.5. The molecule has 51 heavy (non-hydrogen) atoms. The first-order valence-electron chi connectivity index (χ1n) is 18.4. The van der Waals surface area contributed by atoms with E-state index in [9.17, 15) is 9.59 Å². The fourth-order valence-electron chi connectivity index (χ4n) is 7.06. The van der Waals surface area contributed by atoms with Gasteiger partial charge in [-0.3, -0.25) is 9.69 Å². The van der Waals surface area contributed by atoms with E-state index < -0.39 is 16.4 Å². The maximum absolute atomic E-state index is 13.8. The van der Waals surface area contributed by atoms with Crippen molar-refractivity contribution in [3.8, 4) is 0 Å². The summed E-state index contributed by atoms with van der Waals surface area (Å²) in [6.07, 6.45) is 3.49. The molecule has 0 bridgehead atoms. The highest BCUT2D eigenvalue weighted by atomic mass is 32.2. The first kappa shape index (κ1) is 38.2. The van der Waals surface area contributed by atoms with Gasteiger partial charge in [-0.05, 0) is 81.3 Å². The van der Waals surface area contributed by atoms with Crippen molar-refractivity contribution in [1.82, 2.24) is 15.1 Å². The molecule has 0 aliphatic carbocycles. The highest BCUT2D eigenvalue weighted by Gasteiger charge is 2.41. The number of benzene rings is 4. The van der Waals surface area contributed by atoms with Gasteiger partial charge in [0, 0.05) is 37.8 Å². The number of piperazine rings is 1. The molecular weight excluding hydrogens is 651 g/mol. The number of carbonyl (C=O) groups excluding carboxylic acids is 2. The number of rotatable bonds is 13. The summed E-state index contributed by atoms with van der Waals surface area (Å²) in [4.78, 5) is 31.9. The summed E-state index contributed by atoms with van der Waals surface area (Å²) in [5, 5.41) is 3.02. The molecule has 1 aliphatic rings. The molecule has 2 amide bonds. The van der Waals surface area contributed by atoms with E-state index in [1.54, 1.807) is 11.8 Å². The second kappa shape index (κ2) is 17.4. The highest BCUT2D eigenvalue weighted by molar-refractivity contribution is 8.01. The number of aryl methyl sites for hydroxylation is 1. The van der Waals surface area contributed by atoms with Crippen LogP contribution >= 0.6 is 11.8 Å². The Kier molecular flexibility index (Phi) is 13.0. The number of hydrogen-bond acceptors (Lipinski definition) is 5. The van der Waals surface area contributed by atoms with Crippen molar-refractivity contribution >= 4 is 23.8 Å². The summed E-state index contributed by atoms with van der Waals surface area (Å²) in [6, 6.07) is 38.0. The standard InChI is InChI=1S/C44H55N3O3S/c1-7-8-26-38-32-47(41(48)39-27-18-19-33(2)34(39)3)31-30-46(38)29-28-40(45-42(49)50-43(4,5)6)51-44(35-20-12-9-13-21-35,36-22-14-10-15-23-36)37-24-16-11-17-25-37/h9-25,27,38,40H,7-8,26,28-32H2,1-6H3,(H,45,49)/t38-,40-/m0/s1. The van der Waals surface area contributed by atoms with Gasteiger partial charge in [0.05, 0.1) is 10.1 Å². The van der Waals surface area contributed by atoms with E-state index in [4.69, 9.17) is 4.74 Å². The summed E-state index contributed by atoms with van der Waals surface area (Å²) < 4.78 is 5.24. The minimum atomic E-state index is -0.627. The van der Waals surface area contributed by atoms with Crippen molar-refractivity contribution in [2.75, 3.05) is 26.2 Å². The molecule has 0 unspecified atom stereocenters. The van der Waals surface area contributed by atoms with E-state index >= 15 is 0 Å². The van der Waals surface area contributed by atoms with Gasteiger partial charge in [-0.15, -0.1) is 11.8 Å². The molecule has 6 nitrogen and oxygen atoms in total. The van der Waals surface area contributed by atoms with Gasteiger partial charge >= 0.3 is 6.09 Å². The molecule has 270 valence electrons. The Morgan fingerprint density at radius 3 is 1.92 bits per heavy atom. The molecule has 1 fully saturated rings. The van der Waals surface area contributed by atoms with Crippen LogP contribution in [0.1, 0.15) is 91.6 Å². The minimum absolute atomic E-state index is 0.121. The lowest BCUT2D eigenvalue weighted by Gasteiger charge is -2.43. The quantitative estimate of drug-likeness (QED) is 0.111. The normalized spacial score (nSPS) is 16.0. The lowest BCUT2D eigenvalue weighted by molar-refractivity contribution is 0.0431. The molecule has 0 saturated carbocycles. The van der Waals surface area contributed by atoms with Crippen molar-refractivity contribution in [3.05, 3.63) is 143 Å². The molecule has 2 atom stereocenters. The van der Waals surface area contributed by atoms with Gasteiger partial charge < -0.3 is 15.0 Å². The third-order valence-electron chi connectivity index (χ3n) is 9.83. The van der Waals surface area contributed by atoms with Crippen molar-refractivity contribution in [3.63, 3.8) is 0 Å². The molecule has 1 saturated heterocycles. The average molecular weight is 706 g/mol. The topological polar surface area (TPSA) is 61.9 Å². The molecule has 4 aromatic carbocycles. The van der Waals surface area contributed by atoms with Crippen LogP contribution in [0.2, 0.25) is 0 Å². The smallest absolute Gasteiger partial charge is 0.408 e. The maximum atomic E-state index is 13.8. The van der Waals surface area contributed by atoms with Gasteiger partial charge in [0.2, 0.25) is 0 Å². The maximum Gasteiger partial charge on any atom is 0.408 e. The van der Waals surface area contributed by atoms with Gasteiger partial charge in [0.1, 0.15) is 5.60 Å². The lowest BCUT2D eigenvalue weighted by Crippen LogP contribution is -2.55. The summed E-state index contributed by atoms with van der Waals surface area (Å²) in [5.74, 6) is 0.121. The second-order valence-corrected chi connectivity index (χ2v) is 16.1. The van der Waals surface area contributed by atoms with Gasteiger partial charge in [-0.1, -0.05) is 123 Å². The molecule has 1 heterocycles. The number of amides is 2. The minimum Gasteiger partial charge on any atom is -0.444 e. The second-order valence-electron chi connectivity index (χ2n) is 14.7. The first-order valence-corrected chi connectivity index (χ1v) is 19.3. The van der Waals surface area contributed by atoms with E-state index in [1.807, 2.05) is 58.0 Å². The van der Waals surface area contributed by atoms with Crippen LogP contribution in [0, 0.1) is 13.8 Å². The average Bonchev–Trinajstić information content (AvgIpc) is 3.13. The van der Waals surface area contributed by atoms with Crippen LogP contribution in [0.15, 0.2) is 109 Å². The van der Waals surface area contributed by atoms with Gasteiger partial charge in [-0.2, -0.15) is 0 Å². The van der Waals surface area contributed by atoms with Gasteiger partial charge in [0.25, 0.3) is 5.91 Å². The summed E-state index contributed by atoms with van der Waals surface area (Å²) >= 11 is 1.76. The Bertz CT molecular complexity index is 1610. The van der Waals surface area contributed by atoms with Crippen LogP contribution in [0.3, 0.4) is 0 Å². The lowest BCUT2D eigenvalue weighted by atomic mass is 9.84. The molecule has 0 spiro atoms. The Morgan fingerprint density at radius 1 is 0.824 bits per heavy atom. The molecule has 7 heteroatoms. The fourth-order valence-corrected chi connectivity index (χ4v) is 8.68. The monoisotopic (exact) mass is 705 g/mol. The van der Waals surface area contributed by atoms with Crippen LogP contribution < -0.4 is 5.32 Å². The van der Waals surface area contributed by atoms with Crippen LogP contribution in [0.5, 0.6) is 0 Å². The molecule has 0 aromatic heterocycles. The van der Waals surface area contributed by atoms with Gasteiger partial charge in [-0.25, -0.2) is 4.79 Å². The predicted molar refractivity (Wildman–Crippen MR) is 211 cm³/mol. The molecule has 1 aliphatic heterocycles. The number of nitrogens with one attached hydrogen (secondary N) is 1. The number of nitrogens with zero attached hydrogens (tertiary/aromatic N) is 2. The van der Waals surface area contributed by atoms with E-state index in [0.29, 0.717) is 19.5 Å². The largest absolute Gasteiger partial charge is 0.444 e. The van der Waals surface area contributed by atoms with Crippen molar-refractivity contribution in [2.24, 2.45) is 0 Å². The molecule has 5 rings (SSSR count). The zero-order valence-electron chi connectivity index (χ0n) is 31.2. The van der Waals surface area contributed by atoms with Gasteiger partial charge in [0.15, 0.2) is 0 Å². The van der Waals surface area contributed by atoms with Crippen LogP contribution in [-0.4, -0.2) is 65.0 Å². The SMILES string of the molecule is CCCC[C@H]1CN(C(=O)c2cccc(C)c2C)CCN1CC[C@@H](NC(=O)OC(C)(C)C)SC(c1ccccc1)(c1ccccc1)c1ccccc1. The summed E-state index contributed by atoms with van der Waals surface area (Å²) in [5.41, 5.74) is 5.80. The fraction of sp³-hybridized carbons (Fsp3) is 0.409. The van der Waals surface area contributed by atoms with Crippen molar-refractivity contribution in [1.29, 1.82) is 0 Å². The number of thioether (sulfide) groups is 1. The Hall–Kier alpha value is -4.07. The van der Waals surface area contributed by atoms with E-state index in [2.05, 4.69) is 108 Å². The molecule has 4 aromatic rings. The Labute approximate surface area is 310 Å². The van der Waals surface area contributed by atoms with Crippen molar-refractivity contribution < 1.29 is 14.3 Å². The predicted octanol–water partition coefficient (Wildman–Crippen LogP) is 9.59. The third kappa shape index (κ3) is 9.63. The van der Waals surface area contributed by atoms with E-state index in [1.165, 1.54) is 0 Å². The number of unbranched alkanes of at least 4 members (excludes halogenated alkanes) is 1. The zero-order valence-corrected chi connectivity index (χ0v) is 32.0. The zero-order chi connectivity index (χ0) is 36.4. The number of ether oxygens (including phenoxy) is 1. The molecular formula is C44H55N3O3S. The molecule has 1 N–H and O–H groups in total. The molecule has 0 radical (unpaired) electrons. The van der Waals surface area contributed by atoms with Crippen molar-refractivity contribution in [2.45, 2.75) is 89.0 Å². The van der Waals surface area contributed by atoms with E-state index in [-0.39, 0.29) is 17.3 Å². The van der Waals surface area contributed by atoms with Crippen LogP contribution in [0.4, 0.5) is 4.79 Å². The highest BCUT2D eigenvalue weighted by Crippen LogP contribution is 2.50. The van der Waals surface area contributed by atoms with Crippen LogP contribution in [-0.2, 0) is 9.48 Å². The number of hydrogen-bond donors (Lipinski definition) is 1. The summed E-state index contributed by atoms with van der Waals surface area (Å²) in [6.45, 7) is 15.0. The Balaban J connectivity index is 1.46. The van der Waals surface area contributed by atoms with Crippen LogP contribution in [0.25, 0.3) is 0 Å². The Morgan fingerprint density at radius 2 is 1.39 bits per heavy atom. The third-order valence-corrected chi connectivity index (χ3v) is 11.5. The summed E-state index contributed by atoms with van der Waals surface area (Å²) in [7, 11) is 0. The van der Waals surface area contributed by atoms with E-state index in [0.717, 1.165) is 65.7 Å².